The Morgan fingerprint density at radius 1 is 0.360 bits per heavy atom. The summed E-state index contributed by atoms with van der Waals surface area (Å²) < 4.78 is 6.93. The highest BCUT2D eigenvalue weighted by molar-refractivity contribution is 9.11. The zero-order valence-electron chi connectivity index (χ0n) is 47.3. The molecule has 0 radical (unpaired) electrons. The van der Waals surface area contributed by atoms with Crippen LogP contribution in [0.2, 0.25) is 0 Å². The number of carboxylic acid groups (broad SMARTS) is 1. The maximum absolute atomic E-state index is 13.5. The summed E-state index contributed by atoms with van der Waals surface area (Å²) in [4.78, 5) is 9.00. The first-order chi connectivity index (χ1) is 42.7. The first-order valence-corrected chi connectivity index (χ1v) is 30.9. The molecule has 2 atom stereocenters. The van der Waals surface area contributed by atoms with Crippen molar-refractivity contribution >= 4 is 137 Å². The van der Waals surface area contributed by atoms with Gasteiger partial charge in [0.1, 0.15) is 5.60 Å². The van der Waals surface area contributed by atoms with Crippen molar-refractivity contribution in [3.63, 3.8) is 0 Å². The van der Waals surface area contributed by atoms with Crippen molar-refractivity contribution in [1.82, 2.24) is 9.13 Å². The second kappa shape index (κ2) is 21.0. The van der Waals surface area contributed by atoms with E-state index in [-0.39, 0.29) is 19.8 Å². The summed E-state index contributed by atoms with van der Waals surface area (Å²) in [6.07, 6.45) is 0. The van der Waals surface area contributed by atoms with Crippen LogP contribution >= 0.6 is 44.3 Å². The van der Waals surface area contributed by atoms with Crippen molar-refractivity contribution in [2.45, 2.75) is 25.4 Å². The first kappa shape index (κ1) is 55.9. The fourth-order valence-corrected chi connectivity index (χ4v) is 16.6. The van der Waals surface area contributed by atoms with Gasteiger partial charge in [0, 0.05) is 59.8 Å². The molecule has 0 bridgehead atoms. The molecule has 5 nitrogen and oxygen atoms in total. The maximum Gasteiger partial charge on any atom is 0.300 e. The Morgan fingerprint density at radius 3 is 1.35 bits per heavy atom. The lowest BCUT2D eigenvalue weighted by Gasteiger charge is -2.39. The fourth-order valence-electron chi connectivity index (χ4n) is 15.5. The number of nitrogens with zero attached hydrogens (tertiary/aromatic N) is 2. The van der Waals surface area contributed by atoms with Gasteiger partial charge in [0.05, 0.1) is 33.2 Å². The molecular formula is C81H55Br2ClN2O3. The molecule has 19 rings (SSSR count). The standard InChI is InChI=1S/C39H24BrNO.C39H22BrN.C2H4O2.CH4.ClH/c40-34-23-33-37(29-17-7-6-15-27(29)34)36-26-14-5-4-11-24(26)21-22-31(36)39(33,42)32-19-10-18-30-28-16-8-9-20-35(28)41(38(30)32)25-12-2-1-3-13-25;40-33-22-32-37(27-14-4-3-12-25(27)33)36-24-11-2-1-10-23(24)20-21-30(36)39(32)29-16-6-8-19-35(29)41-34-18-7-5-13-26(34)28-15-9-17-31(39)38(28)41;1-2(3)4;;/h1-23,42H;1-22H;1H3,(H,3,4);1H4;1H. The molecule has 14 aromatic carbocycles. The Labute approximate surface area is 537 Å². The van der Waals surface area contributed by atoms with Crippen LogP contribution in [0.4, 0.5) is 0 Å². The van der Waals surface area contributed by atoms with Crippen LogP contribution in [0.1, 0.15) is 53.3 Å². The second-order valence-electron chi connectivity index (χ2n) is 23.0. The third-order valence-corrected chi connectivity index (χ3v) is 20.0. The molecule has 2 unspecified atom stereocenters. The largest absolute Gasteiger partial charge is 0.481 e. The van der Waals surface area contributed by atoms with Gasteiger partial charge >= 0.3 is 0 Å². The minimum atomic E-state index is -1.39. The third kappa shape index (κ3) is 7.72. The molecule has 1 aliphatic heterocycles. The van der Waals surface area contributed by atoms with Gasteiger partial charge in [-0.15, -0.1) is 12.4 Å². The van der Waals surface area contributed by atoms with Gasteiger partial charge in [0.25, 0.3) is 5.97 Å². The Hall–Kier alpha value is -9.60. The van der Waals surface area contributed by atoms with Crippen molar-refractivity contribution in [3.8, 4) is 33.6 Å². The monoisotopic (exact) mass is 1300 g/mol. The summed E-state index contributed by atoms with van der Waals surface area (Å²) in [5.41, 5.74) is 18.2. The molecule has 8 heteroatoms. The Morgan fingerprint density at radius 2 is 0.753 bits per heavy atom. The normalized spacial score (nSPS) is 15.4. The van der Waals surface area contributed by atoms with E-state index in [2.05, 4.69) is 308 Å². The summed E-state index contributed by atoms with van der Waals surface area (Å²) in [7, 11) is 0. The number of benzene rings is 14. The molecule has 428 valence electrons. The van der Waals surface area contributed by atoms with Crippen LogP contribution in [-0.2, 0) is 15.8 Å². The molecule has 3 heterocycles. The number of halogens is 3. The highest BCUT2D eigenvalue weighted by Crippen LogP contribution is 2.64. The van der Waals surface area contributed by atoms with Crippen LogP contribution < -0.4 is 0 Å². The molecule has 16 aromatic rings. The predicted molar refractivity (Wildman–Crippen MR) is 379 cm³/mol. The first-order valence-electron chi connectivity index (χ1n) is 29.3. The van der Waals surface area contributed by atoms with Gasteiger partial charge in [-0.3, -0.25) is 4.79 Å². The van der Waals surface area contributed by atoms with E-state index in [0.29, 0.717) is 0 Å². The van der Waals surface area contributed by atoms with Crippen LogP contribution in [0.15, 0.2) is 282 Å². The van der Waals surface area contributed by atoms with E-state index in [1.807, 2.05) is 6.07 Å². The van der Waals surface area contributed by atoms with E-state index in [9.17, 15) is 5.11 Å². The van der Waals surface area contributed by atoms with E-state index in [4.69, 9.17) is 9.90 Å². The zero-order valence-corrected chi connectivity index (χ0v) is 51.3. The lowest BCUT2D eigenvalue weighted by molar-refractivity contribution is -0.134. The van der Waals surface area contributed by atoms with Crippen LogP contribution in [0.5, 0.6) is 0 Å². The van der Waals surface area contributed by atoms with Gasteiger partial charge in [-0.05, 0) is 130 Å². The zero-order chi connectivity index (χ0) is 58.4. The van der Waals surface area contributed by atoms with Crippen molar-refractivity contribution in [1.29, 1.82) is 0 Å². The average Bonchev–Trinajstić information content (AvgIpc) is 1.53. The number of carbonyl (C=O) groups is 1. The predicted octanol–water partition coefficient (Wildman–Crippen LogP) is 21.8. The topological polar surface area (TPSA) is 67.4 Å². The number of hydrogen-bond acceptors (Lipinski definition) is 2. The number of aromatic nitrogens is 2. The van der Waals surface area contributed by atoms with Gasteiger partial charge in [-0.25, -0.2) is 0 Å². The number of para-hydroxylation sites is 6. The summed E-state index contributed by atoms with van der Waals surface area (Å²) in [6.45, 7) is 1.08. The summed E-state index contributed by atoms with van der Waals surface area (Å²) in [5.74, 6) is -0.833. The smallest absolute Gasteiger partial charge is 0.300 e. The highest BCUT2D eigenvalue weighted by Gasteiger charge is 2.52. The Kier molecular flexibility index (Phi) is 13.2. The quantitative estimate of drug-likeness (QED) is 0.181. The van der Waals surface area contributed by atoms with Crippen LogP contribution in [0, 0.1) is 0 Å². The number of hydrogen-bond donors (Lipinski definition) is 2. The van der Waals surface area contributed by atoms with Crippen LogP contribution in [0.25, 0.3) is 120 Å². The average molecular weight is 1300 g/mol. The van der Waals surface area contributed by atoms with E-state index in [0.717, 1.165) is 87.3 Å². The molecule has 0 saturated heterocycles. The lowest BCUT2D eigenvalue weighted by Crippen LogP contribution is -2.33. The van der Waals surface area contributed by atoms with Gasteiger partial charge in [0.15, 0.2) is 0 Å². The van der Waals surface area contributed by atoms with E-state index in [1.165, 1.54) is 87.8 Å². The SMILES string of the molecule is Brc1cc2c(c3ccccc13)-c1c(ccc3ccccc13)C21c2ccccc2-n2c3ccccc3c3cccc1c32.C.CC(=O)O.Cl.OC1(c2cccc3c4ccccc4n(-c4ccccc4)c23)c2ccc3ccccc3c2-c2c1cc(Br)c1ccccc21. The van der Waals surface area contributed by atoms with Gasteiger partial charge < -0.3 is 19.3 Å². The minimum absolute atomic E-state index is 0. The summed E-state index contributed by atoms with van der Waals surface area (Å²) in [5, 5.41) is 35.5. The number of carboxylic acids is 1. The van der Waals surface area contributed by atoms with E-state index >= 15 is 0 Å². The van der Waals surface area contributed by atoms with Crippen LogP contribution in [-0.4, -0.2) is 25.3 Å². The molecule has 1 spiro atoms. The van der Waals surface area contributed by atoms with Gasteiger partial charge in [0.2, 0.25) is 0 Å². The number of rotatable bonds is 2. The van der Waals surface area contributed by atoms with Crippen molar-refractivity contribution < 1.29 is 15.0 Å². The van der Waals surface area contributed by atoms with Gasteiger partial charge in [-0.2, -0.15) is 0 Å². The molecule has 0 amide bonds. The molecule has 2 N–H and O–H groups in total. The van der Waals surface area contributed by atoms with E-state index in [1.54, 1.807) is 0 Å². The molecule has 2 aliphatic carbocycles. The second-order valence-corrected chi connectivity index (χ2v) is 24.7. The van der Waals surface area contributed by atoms with Gasteiger partial charge in [-0.1, -0.05) is 270 Å². The van der Waals surface area contributed by atoms with Crippen molar-refractivity contribution in [3.05, 3.63) is 321 Å². The lowest BCUT2D eigenvalue weighted by atomic mass is 9.65. The molecule has 0 saturated carbocycles. The Balaban J connectivity index is 0.000000138. The molecule has 2 aromatic heterocycles. The maximum atomic E-state index is 13.5. The van der Waals surface area contributed by atoms with Crippen molar-refractivity contribution in [2.75, 3.05) is 0 Å². The molecule has 0 fully saturated rings. The molecule has 3 aliphatic rings. The van der Waals surface area contributed by atoms with Crippen molar-refractivity contribution in [2.24, 2.45) is 0 Å². The fraction of sp³-hybridized carbons (Fsp3) is 0.0494. The summed E-state index contributed by atoms with van der Waals surface area (Å²) in [6, 6.07) is 98.6. The minimum Gasteiger partial charge on any atom is -0.481 e. The molecule has 89 heavy (non-hydrogen) atoms. The van der Waals surface area contributed by atoms with Crippen LogP contribution in [0.3, 0.4) is 0 Å². The van der Waals surface area contributed by atoms with E-state index < -0.39 is 17.0 Å². The third-order valence-electron chi connectivity index (χ3n) is 18.7. The number of aliphatic carboxylic acids is 1. The number of fused-ring (bicyclic) bond motifs is 26. The number of aliphatic hydroxyl groups is 1. The highest BCUT2D eigenvalue weighted by atomic mass is 79.9. The summed E-state index contributed by atoms with van der Waals surface area (Å²) >= 11 is 7.91. The Bertz CT molecular complexity index is 5650. The molecular weight excluding hydrogens is 1240 g/mol.